The highest BCUT2D eigenvalue weighted by Crippen LogP contribution is 2.33. The second-order valence-electron chi connectivity index (χ2n) is 5.04. The third-order valence-electron chi connectivity index (χ3n) is 3.27. The molecule has 0 atom stereocenters. The van der Waals surface area contributed by atoms with E-state index in [2.05, 4.69) is 15.5 Å². The van der Waals surface area contributed by atoms with Crippen LogP contribution in [0.15, 0.2) is 46.6 Å². The summed E-state index contributed by atoms with van der Waals surface area (Å²) in [5, 5.41) is 41.4. The van der Waals surface area contributed by atoms with Crippen molar-refractivity contribution in [2.45, 2.75) is 6.92 Å². The molecule has 0 aliphatic carbocycles. The van der Waals surface area contributed by atoms with Crippen molar-refractivity contribution >= 4 is 28.4 Å². The van der Waals surface area contributed by atoms with Crippen molar-refractivity contribution in [1.82, 2.24) is 0 Å². The second kappa shape index (κ2) is 7.93. The van der Waals surface area contributed by atoms with Crippen LogP contribution >= 0.6 is 0 Å². The molecule has 0 spiro atoms. The lowest BCUT2D eigenvalue weighted by Gasteiger charge is -2.06. The van der Waals surface area contributed by atoms with Crippen LogP contribution < -0.4 is 5.32 Å². The summed E-state index contributed by atoms with van der Waals surface area (Å²) in [5.41, 5.74) is 1.13. The molecule has 0 heterocycles. The van der Waals surface area contributed by atoms with E-state index in [0.29, 0.717) is 12.2 Å². The molecule has 2 N–H and O–H groups in total. The minimum absolute atomic E-state index is 0.00428. The van der Waals surface area contributed by atoms with Crippen molar-refractivity contribution in [2.75, 3.05) is 18.5 Å². The predicted octanol–water partition coefficient (Wildman–Crippen LogP) is 3.63. The molecule has 2 aromatic carbocycles. The smallest absolute Gasteiger partial charge is 0.303 e. The molecule has 0 amide bonds. The summed E-state index contributed by atoms with van der Waals surface area (Å²) in [6.45, 7) is 2.21. The van der Waals surface area contributed by atoms with E-state index in [-0.39, 0.29) is 18.0 Å². The Morgan fingerprint density at radius 2 is 1.72 bits per heavy atom. The van der Waals surface area contributed by atoms with Gasteiger partial charge in [0, 0.05) is 18.3 Å². The maximum atomic E-state index is 11.1. The fraction of sp³-hybridized carbons (Fsp3) is 0.200. The van der Waals surface area contributed by atoms with Gasteiger partial charge in [-0.05, 0) is 36.8 Å². The summed E-state index contributed by atoms with van der Waals surface area (Å²) in [7, 11) is 0. The van der Waals surface area contributed by atoms with Gasteiger partial charge in [-0.3, -0.25) is 20.2 Å². The number of non-ortho nitro benzene ring substituents is 1. The van der Waals surface area contributed by atoms with Gasteiger partial charge in [0.2, 0.25) is 0 Å². The number of hydrogen-bond donors (Lipinski definition) is 2. The minimum atomic E-state index is -0.740. The Hall–Kier alpha value is -3.40. The maximum Gasteiger partial charge on any atom is 0.303 e. The van der Waals surface area contributed by atoms with Crippen LogP contribution in [0.1, 0.15) is 5.56 Å². The van der Waals surface area contributed by atoms with Crippen molar-refractivity contribution in [2.24, 2.45) is 10.2 Å². The average Bonchev–Trinajstić information content (AvgIpc) is 2.58. The molecule has 0 saturated carbocycles. The number of nitro benzene ring substituents is 2. The number of aryl methyl sites for hydroxylation is 1. The lowest BCUT2D eigenvalue weighted by Crippen LogP contribution is -2.05. The van der Waals surface area contributed by atoms with Crippen LogP contribution in [-0.2, 0) is 0 Å². The molecule has 25 heavy (non-hydrogen) atoms. The summed E-state index contributed by atoms with van der Waals surface area (Å²) in [6.07, 6.45) is 0. The Morgan fingerprint density at radius 3 is 2.32 bits per heavy atom. The molecular formula is C15H15N5O5. The first kappa shape index (κ1) is 17.9. The van der Waals surface area contributed by atoms with Gasteiger partial charge in [0.05, 0.1) is 28.2 Å². The van der Waals surface area contributed by atoms with E-state index in [0.717, 1.165) is 23.4 Å². The number of benzene rings is 2. The van der Waals surface area contributed by atoms with E-state index in [4.69, 9.17) is 5.11 Å². The molecule has 0 bridgehead atoms. The van der Waals surface area contributed by atoms with Crippen molar-refractivity contribution in [3.05, 3.63) is 62.2 Å². The maximum absolute atomic E-state index is 11.1. The lowest BCUT2D eigenvalue weighted by atomic mass is 10.2. The normalized spacial score (nSPS) is 10.8. The van der Waals surface area contributed by atoms with Crippen LogP contribution in [0, 0.1) is 27.2 Å². The summed E-state index contributed by atoms with van der Waals surface area (Å²) < 4.78 is 0. The topological polar surface area (TPSA) is 143 Å². The molecule has 0 aliphatic heterocycles. The van der Waals surface area contributed by atoms with Crippen LogP contribution in [0.4, 0.5) is 28.4 Å². The number of nitrogens with one attached hydrogen (secondary N) is 1. The van der Waals surface area contributed by atoms with Crippen molar-refractivity contribution in [1.29, 1.82) is 0 Å². The Kier molecular flexibility index (Phi) is 5.69. The van der Waals surface area contributed by atoms with Crippen LogP contribution in [0.25, 0.3) is 0 Å². The summed E-state index contributed by atoms with van der Waals surface area (Å²) in [5.74, 6) is 0. The van der Waals surface area contributed by atoms with Gasteiger partial charge in [0.15, 0.2) is 5.69 Å². The number of aliphatic hydroxyl groups is 1. The third kappa shape index (κ3) is 4.54. The van der Waals surface area contributed by atoms with E-state index in [1.807, 2.05) is 0 Å². The summed E-state index contributed by atoms with van der Waals surface area (Å²) in [4.78, 5) is 20.3. The van der Waals surface area contributed by atoms with E-state index in [9.17, 15) is 20.2 Å². The molecule has 0 radical (unpaired) electrons. The van der Waals surface area contributed by atoms with E-state index >= 15 is 0 Å². The van der Waals surface area contributed by atoms with Gasteiger partial charge in [-0.2, -0.15) is 5.11 Å². The molecule has 130 valence electrons. The third-order valence-corrected chi connectivity index (χ3v) is 3.27. The lowest BCUT2D eigenvalue weighted by molar-refractivity contribution is -0.393. The van der Waals surface area contributed by atoms with Gasteiger partial charge in [0.25, 0.3) is 5.69 Å². The zero-order valence-electron chi connectivity index (χ0n) is 13.2. The zero-order valence-corrected chi connectivity index (χ0v) is 13.2. The van der Waals surface area contributed by atoms with Crippen molar-refractivity contribution < 1.29 is 15.0 Å². The molecule has 10 heteroatoms. The quantitative estimate of drug-likeness (QED) is 0.445. The van der Waals surface area contributed by atoms with E-state index in [1.54, 1.807) is 25.1 Å². The highest BCUT2D eigenvalue weighted by atomic mass is 16.6. The fourth-order valence-corrected chi connectivity index (χ4v) is 2.04. The first-order valence-corrected chi connectivity index (χ1v) is 7.22. The average molecular weight is 345 g/mol. The van der Waals surface area contributed by atoms with Crippen LogP contribution in [0.3, 0.4) is 0 Å². The standard InChI is InChI=1S/C15H15N5O5/c1-10-8-11(16-6-7-21)2-4-13(10)17-18-14-5-3-12(19(22)23)9-15(14)20(24)25/h2-5,8-9,16,21H,6-7H2,1H3. The SMILES string of the molecule is Cc1cc(NCCO)ccc1N=Nc1ccc([N+](=O)[O-])cc1[N+](=O)[O-]. The van der Waals surface area contributed by atoms with Crippen molar-refractivity contribution in [3.63, 3.8) is 0 Å². The molecule has 0 saturated heterocycles. The molecule has 0 unspecified atom stereocenters. The zero-order chi connectivity index (χ0) is 18.4. The predicted molar refractivity (Wildman–Crippen MR) is 90.7 cm³/mol. The Labute approximate surface area is 142 Å². The summed E-state index contributed by atoms with van der Waals surface area (Å²) >= 11 is 0. The number of nitrogens with zero attached hydrogens (tertiary/aromatic N) is 4. The van der Waals surface area contributed by atoms with E-state index in [1.165, 1.54) is 6.07 Å². The molecule has 0 aromatic heterocycles. The Balaban J connectivity index is 2.29. The fourth-order valence-electron chi connectivity index (χ4n) is 2.04. The molecule has 0 aliphatic rings. The minimum Gasteiger partial charge on any atom is -0.395 e. The number of anilines is 1. The number of rotatable bonds is 7. The molecule has 2 aromatic rings. The molecule has 10 nitrogen and oxygen atoms in total. The number of aliphatic hydroxyl groups excluding tert-OH is 1. The van der Waals surface area contributed by atoms with Crippen LogP contribution in [0.5, 0.6) is 0 Å². The van der Waals surface area contributed by atoms with Crippen LogP contribution in [-0.4, -0.2) is 28.1 Å². The van der Waals surface area contributed by atoms with Gasteiger partial charge >= 0.3 is 5.69 Å². The first-order chi connectivity index (χ1) is 11.9. The number of hydrogen-bond acceptors (Lipinski definition) is 8. The van der Waals surface area contributed by atoms with Crippen LogP contribution in [0.2, 0.25) is 0 Å². The van der Waals surface area contributed by atoms with Gasteiger partial charge in [-0.1, -0.05) is 0 Å². The largest absolute Gasteiger partial charge is 0.395 e. The van der Waals surface area contributed by atoms with Crippen molar-refractivity contribution in [3.8, 4) is 0 Å². The van der Waals surface area contributed by atoms with Gasteiger partial charge in [-0.25, -0.2) is 0 Å². The molecular weight excluding hydrogens is 330 g/mol. The van der Waals surface area contributed by atoms with Gasteiger partial charge in [-0.15, -0.1) is 5.11 Å². The molecule has 2 rings (SSSR count). The van der Waals surface area contributed by atoms with Gasteiger partial charge in [0.1, 0.15) is 0 Å². The highest BCUT2D eigenvalue weighted by Gasteiger charge is 2.19. The Morgan fingerprint density at radius 1 is 1.04 bits per heavy atom. The molecule has 0 fully saturated rings. The highest BCUT2D eigenvalue weighted by molar-refractivity contribution is 5.62. The number of nitro groups is 2. The second-order valence-corrected chi connectivity index (χ2v) is 5.04. The van der Waals surface area contributed by atoms with Gasteiger partial charge < -0.3 is 10.4 Å². The summed E-state index contributed by atoms with van der Waals surface area (Å²) in [6, 6.07) is 8.39. The van der Waals surface area contributed by atoms with E-state index < -0.39 is 15.5 Å². The number of azo groups is 1. The first-order valence-electron chi connectivity index (χ1n) is 7.22. The monoisotopic (exact) mass is 345 g/mol. The Bertz CT molecular complexity index is 837.